The second-order valence-electron chi connectivity index (χ2n) is 1.58. The molecule has 0 N–H and O–H groups in total. The molecule has 0 aromatic heterocycles. The lowest BCUT2D eigenvalue weighted by Gasteiger charge is -1.96. The van der Waals surface area contributed by atoms with Gasteiger partial charge >= 0.3 is 0 Å². The zero-order valence-electron chi connectivity index (χ0n) is 4.02. The molecule has 0 atom stereocenters. The average molecular weight is 115 g/mol. The van der Waals surface area contributed by atoms with E-state index in [4.69, 9.17) is 11.6 Å². The third-order valence-corrected chi connectivity index (χ3v) is 1.28. The highest BCUT2D eigenvalue weighted by Crippen LogP contribution is 2.14. The van der Waals surface area contributed by atoms with Crippen molar-refractivity contribution in [3.8, 4) is 0 Å². The molecule has 1 aliphatic rings. The molecule has 0 nitrogen and oxygen atoms in total. The Labute approximate surface area is 48.5 Å². The van der Waals surface area contributed by atoms with E-state index in [1.165, 1.54) is 0 Å². The van der Waals surface area contributed by atoms with Gasteiger partial charge in [-0.1, -0.05) is 23.8 Å². The van der Waals surface area contributed by atoms with Crippen LogP contribution in [0.2, 0.25) is 0 Å². The van der Waals surface area contributed by atoms with Crippen molar-refractivity contribution in [2.45, 2.75) is 12.8 Å². The van der Waals surface area contributed by atoms with Crippen molar-refractivity contribution in [1.29, 1.82) is 0 Å². The van der Waals surface area contributed by atoms with Gasteiger partial charge in [0.1, 0.15) is 0 Å². The molecular formula is C6H7Cl. The summed E-state index contributed by atoms with van der Waals surface area (Å²) < 4.78 is 0. The molecule has 7 heavy (non-hydrogen) atoms. The van der Waals surface area contributed by atoms with Crippen LogP contribution in [0.25, 0.3) is 0 Å². The quantitative estimate of drug-likeness (QED) is 0.454. The molecule has 38 valence electrons. The lowest BCUT2D eigenvalue weighted by Crippen LogP contribution is -1.75. The van der Waals surface area contributed by atoms with Crippen molar-refractivity contribution in [3.05, 3.63) is 23.3 Å². The van der Waals surface area contributed by atoms with E-state index >= 15 is 0 Å². The van der Waals surface area contributed by atoms with Gasteiger partial charge in [-0.15, -0.1) is 0 Å². The first kappa shape index (κ1) is 4.92. The van der Waals surface area contributed by atoms with Crippen LogP contribution in [-0.2, 0) is 0 Å². The molecule has 0 bridgehead atoms. The number of hydrogen-bond donors (Lipinski definition) is 0. The Kier molecular flexibility index (Phi) is 1.53. The SMILES string of the molecule is ClC1=CC=CCC1. The molecule has 0 saturated heterocycles. The van der Waals surface area contributed by atoms with Crippen LogP contribution in [0.15, 0.2) is 23.3 Å². The van der Waals surface area contributed by atoms with Crippen molar-refractivity contribution >= 4 is 11.6 Å². The lowest BCUT2D eigenvalue weighted by atomic mass is 10.2. The van der Waals surface area contributed by atoms with Gasteiger partial charge in [0.15, 0.2) is 0 Å². The normalized spacial score (nSPS) is 19.3. The van der Waals surface area contributed by atoms with Crippen LogP contribution >= 0.6 is 11.6 Å². The molecule has 0 radical (unpaired) electrons. The minimum atomic E-state index is 0.975. The third-order valence-electron chi connectivity index (χ3n) is 0.963. The second kappa shape index (κ2) is 2.17. The topological polar surface area (TPSA) is 0 Å². The van der Waals surface area contributed by atoms with Gasteiger partial charge in [-0.05, 0) is 18.9 Å². The molecule has 0 aromatic rings. The van der Waals surface area contributed by atoms with Crippen molar-refractivity contribution in [3.63, 3.8) is 0 Å². The Hall–Kier alpha value is -0.230. The van der Waals surface area contributed by atoms with Crippen LogP contribution in [-0.4, -0.2) is 0 Å². The molecule has 0 fully saturated rings. The highest BCUT2D eigenvalue weighted by Gasteiger charge is 1.91. The van der Waals surface area contributed by atoms with E-state index in [0.717, 1.165) is 17.9 Å². The Morgan fingerprint density at radius 2 is 2.43 bits per heavy atom. The fourth-order valence-corrected chi connectivity index (χ4v) is 0.755. The van der Waals surface area contributed by atoms with Crippen LogP contribution < -0.4 is 0 Å². The van der Waals surface area contributed by atoms with Gasteiger partial charge in [0.25, 0.3) is 0 Å². The van der Waals surface area contributed by atoms with E-state index in [2.05, 4.69) is 6.08 Å². The van der Waals surface area contributed by atoms with Crippen molar-refractivity contribution in [2.24, 2.45) is 0 Å². The summed E-state index contributed by atoms with van der Waals surface area (Å²) in [6, 6.07) is 0. The van der Waals surface area contributed by atoms with Crippen molar-refractivity contribution in [2.75, 3.05) is 0 Å². The molecule has 0 unspecified atom stereocenters. The van der Waals surface area contributed by atoms with Gasteiger partial charge < -0.3 is 0 Å². The van der Waals surface area contributed by atoms with E-state index in [9.17, 15) is 0 Å². The van der Waals surface area contributed by atoms with Crippen LogP contribution in [0.1, 0.15) is 12.8 Å². The van der Waals surface area contributed by atoms with Gasteiger partial charge in [-0.2, -0.15) is 0 Å². The number of allylic oxidation sites excluding steroid dienone is 4. The average Bonchev–Trinajstić information content (AvgIpc) is 1.69. The number of halogens is 1. The van der Waals surface area contributed by atoms with Gasteiger partial charge in [0, 0.05) is 5.03 Å². The molecule has 1 heteroatoms. The van der Waals surface area contributed by atoms with Gasteiger partial charge in [0.2, 0.25) is 0 Å². The Balaban J connectivity index is 2.57. The van der Waals surface area contributed by atoms with E-state index in [-0.39, 0.29) is 0 Å². The maximum atomic E-state index is 5.63. The minimum absolute atomic E-state index is 0.975. The monoisotopic (exact) mass is 114 g/mol. The molecule has 0 spiro atoms. The molecule has 1 aliphatic carbocycles. The molecule has 0 aliphatic heterocycles. The summed E-state index contributed by atoms with van der Waals surface area (Å²) in [5, 5.41) is 0.975. The fourth-order valence-electron chi connectivity index (χ4n) is 0.573. The lowest BCUT2D eigenvalue weighted by molar-refractivity contribution is 1.02. The smallest absolute Gasteiger partial charge is 0.0183 e. The molecule has 0 aromatic carbocycles. The molecule has 0 saturated carbocycles. The summed E-state index contributed by atoms with van der Waals surface area (Å²) in [6.45, 7) is 0. The fraction of sp³-hybridized carbons (Fsp3) is 0.333. The summed E-state index contributed by atoms with van der Waals surface area (Å²) in [5.41, 5.74) is 0. The van der Waals surface area contributed by atoms with Crippen LogP contribution in [0.4, 0.5) is 0 Å². The standard InChI is InChI=1S/C6H7Cl/c7-6-4-2-1-3-5-6/h1-2,4H,3,5H2. The largest absolute Gasteiger partial charge is 0.0891 e. The first-order valence-electron chi connectivity index (χ1n) is 2.41. The van der Waals surface area contributed by atoms with E-state index < -0.39 is 0 Å². The van der Waals surface area contributed by atoms with Crippen LogP contribution in [0.5, 0.6) is 0 Å². The number of hydrogen-bond acceptors (Lipinski definition) is 0. The molecule has 0 heterocycles. The molecule has 1 rings (SSSR count). The van der Waals surface area contributed by atoms with Gasteiger partial charge in [0.05, 0.1) is 0 Å². The van der Waals surface area contributed by atoms with E-state index in [1.54, 1.807) is 0 Å². The maximum absolute atomic E-state index is 5.63. The van der Waals surface area contributed by atoms with Crippen molar-refractivity contribution < 1.29 is 0 Å². The minimum Gasteiger partial charge on any atom is -0.0891 e. The maximum Gasteiger partial charge on any atom is 0.0183 e. The summed E-state index contributed by atoms with van der Waals surface area (Å²) in [4.78, 5) is 0. The van der Waals surface area contributed by atoms with Gasteiger partial charge in [-0.25, -0.2) is 0 Å². The Bertz CT molecular complexity index is 111. The second-order valence-corrected chi connectivity index (χ2v) is 2.07. The molecular weight excluding hydrogens is 108 g/mol. The van der Waals surface area contributed by atoms with E-state index in [0.29, 0.717) is 0 Å². The highest BCUT2D eigenvalue weighted by molar-refractivity contribution is 6.29. The predicted octanol–water partition coefficient (Wildman–Crippen LogP) is 2.46. The highest BCUT2D eigenvalue weighted by atomic mass is 35.5. The van der Waals surface area contributed by atoms with E-state index in [1.807, 2.05) is 12.2 Å². The Morgan fingerprint density at radius 3 is 2.71 bits per heavy atom. The summed E-state index contributed by atoms with van der Waals surface area (Å²) in [5.74, 6) is 0. The first-order valence-corrected chi connectivity index (χ1v) is 2.78. The Morgan fingerprint density at radius 1 is 1.57 bits per heavy atom. The summed E-state index contributed by atoms with van der Waals surface area (Å²) in [6.07, 6.45) is 8.18. The number of rotatable bonds is 0. The zero-order chi connectivity index (χ0) is 5.11. The third kappa shape index (κ3) is 1.36. The molecule has 0 amide bonds. The van der Waals surface area contributed by atoms with Crippen LogP contribution in [0.3, 0.4) is 0 Å². The van der Waals surface area contributed by atoms with Gasteiger partial charge in [-0.3, -0.25) is 0 Å². The first-order chi connectivity index (χ1) is 3.39. The summed E-state index contributed by atoms with van der Waals surface area (Å²) in [7, 11) is 0. The summed E-state index contributed by atoms with van der Waals surface area (Å²) >= 11 is 5.63. The van der Waals surface area contributed by atoms with Crippen molar-refractivity contribution in [1.82, 2.24) is 0 Å². The predicted molar refractivity (Wildman–Crippen MR) is 32.3 cm³/mol. The zero-order valence-corrected chi connectivity index (χ0v) is 4.78. The van der Waals surface area contributed by atoms with Crippen LogP contribution in [0, 0.1) is 0 Å².